The van der Waals surface area contributed by atoms with E-state index in [-0.39, 0.29) is 33.0 Å². The Morgan fingerprint density at radius 3 is 2.64 bits per heavy atom. The number of hydrogen-bond acceptors (Lipinski definition) is 4. The van der Waals surface area contributed by atoms with Crippen LogP contribution in [0.5, 0.6) is 0 Å². The number of aliphatic hydroxyl groups is 1. The smallest absolute Gasteiger partial charge is 0.394 e. The quantitative estimate of drug-likeness (QED) is 0.681. The summed E-state index contributed by atoms with van der Waals surface area (Å²) in [7, 11) is 0. The molecule has 0 spiro atoms. The van der Waals surface area contributed by atoms with Gasteiger partial charge in [0.1, 0.15) is 0 Å². The van der Waals surface area contributed by atoms with Gasteiger partial charge in [-0.05, 0) is 38.0 Å². The molecule has 2 N–H and O–H groups in total. The predicted molar refractivity (Wildman–Crippen MR) is 86.9 cm³/mol. The molecule has 1 aliphatic heterocycles. The minimum absolute atomic E-state index is 0.00904. The van der Waals surface area contributed by atoms with Gasteiger partial charge in [0.15, 0.2) is 0 Å². The summed E-state index contributed by atoms with van der Waals surface area (Å²) in [5, 5.41) is 10.8. The number of aliphatic hydroxyl groups excluding tert-OH is 1. The van der Waals surface area contributed by atoms with Crippen molar-refractivity contribution < 1.29 is 32.5 Å². The van der Waals surface area contributed by atoms with Gasteiger partial charge < -0.3 is 19.9 Å². The van der Waals surface area contributed by atoms with E-state index in [0.717, 1.165) is 11.6 Å². The van der Waals surface area contributed by atoms with Crippen LogP contribution in [0.3, 0.4) is 0 Å². The van der Waals surface area contributed by atoms with E-state index in [9.17, 15) is 18.0 Å². The second-order valence-electron chi connectivity index (χ2n) is 5.75. The lowest BCUT2D eigenvalue weighted by molar-refractivity contribution is -0.249. The van der Waals surface area contributed by atoms with Crippen molar-refractivity contribution >= 4 is 5.91 Å². The Bertz CT molecular complexity index is 563. The van der Waals surface area contributed by atoms with Crippen LogP contribution in [-0.2, 0) is 14.3 Å². The molecular formula is C17H24F3NO4. The largest absolute Gasteiger partial charge is 0.430 e. The van der Waals surface area contributed by atoms with Gasteiger partial charge in [-0.1, -0.05) is 17.7 Å². The highest BCUT2D eigenvalue weighted by Crippen LogP contribution is 2.40. The Hall–Kier alpha value is -1.64. The van der Waals surface area contributed by atoms with Gasteiger partial charge in [0, 0.05) is 6.54 Å². The van der Waals surface area contributed by atoms with Crippen LogP contribution in [0, 0.1) is 0 Å². The molecule has 0 aromatic heterocycles. The summed E-state index contributed by atoms with van der Waals surface area (Å²) < 4.78 is 51.0. The van der Waals surface area contributed by atoms with E-state index in [1.54, 1.807) is 32.9 Å². The minimum atomic E-state index is -4.91. The maximum atomic E-state index is 13.7. The number of halogens is 3. The Labute approximate surface area is 145 Å². The van der Waals surface area contributed by atoms with Crippen LogP contribution < -0.4 is 5.32 Å². The number of allylic oxidation sites excluding steroid dienone is 3. The summed E-state index contributed by atoms with van der Waals surface area (Å²) >= 11 is 0. The molecule has 0 fully saturated rings. The molecule has 1 aliphatic rings. The third-order valence-electron chi connectivity index (χ3n) is 3.50. The Balaban J connectivity index is 3.11. The number of alkyl halides is 3. The van der Waals surface area contributed by atoms with Crippen LogP contribution in [-0.4, -0.2) is 55.8 Å². The van der Waals surface area contributed by atoms with Gasteiger partial charge in [-0.2, -0.15) is 13.2 Å². The van der Waals surface area contributed by atoms with Crippen molar-refractivity contribution in [2.75, 3.05) is 33.0 Å². The van der Waals surface area contributed by atoms with Crippen LogP contribution in [0.1, 0.15) is 20.8 Å². The molecule has 1 atom stereocenters. The normalized spacial score (nSPS) is 22.5. The van der Waals surface area contributed by atoms with Crippen LogP contribution >= 0.6 is 0 Å². The molecule has 1 amide bonds. The Morgan fingerprint density at radius 1 is 1.44 bits per heavy atom. The summed E-state index contributed by atoms with van der Waals surface area (Å²) in [6, 6.07) is 0. The average Bonchev–Trinajstić information content (AvgIpc) is 2.52. The van der Waals surface area contributed by atoms with Crippen molar-refractivity contribution in [2.45, 2.75) is 32.5 Å². The molecule has 0 radical (unpaired) electrons. The molecule has 0 bridgehead atoms. The molecule has 0 aromatic rings. The van der Waals surface area contributed by atoms with E-state index in [1.807, 2.05) is 0 Å². The second kappa shape index (κ2) is 9.17. The molecule has 1 unspecified atom stereocenters. The number of carbonyl (C=O) groups is 1. The van der Waals surface area contributed by atoms with E-state index >= 15 is 0 Å². The summed E-state index contributed by atoms with van der Waals surface area (Å²) in [5.41, 5.74) is -1.34. The van der Waals surface area contributed by atoms with Crippen LogP contribution in [0.4, 0.5) is 13.2 Å². The fraction of sp³-hybridized carbons (Fsp3) is 0.588. The topological polar surface area (TPSA) is 67.8 Å². The monoisotopic (exact) mass is 363 g/mol. The zero-order valence-corrected chi connectivity index (χ0v) is 14.6. The molecule has 142 valence electrons. The van der Waals surface area contributed by atoms with Gasteiger partial charge in [0.25, 0.3) is 11.5 Å². The predicted octanol–water partition coefficient (Wildman–Crippen LogP) is 2.28. The summed E-state index contributed by atoms with van der Waals surface area (Å²) in [6.07, 6.45) is -0.839. The van der Waals surface area contributed by atoms with Gasteiger partial charge in [-0.15, -0.1) is 0 Å². The first-order valence-corrected chi connectivity index (χ1v) is 7.89. The maximum Gasteiger partial charge on any atom is 0.430 e. The zero-order valence-electron chi connectivity index (χ0n) is 14.6. The molecular weight excluding hydrogens is 339 g/mol. The molecule has 0 aromatic carbocycles. The van der Waals surface area contributed by atoms with Gasteiger partial charge in [0.2, 0.25) is 0 Å². The minimum Gasteiger partial charge on any atom is -0.394 e. The Kier molecular flexibility index (Phi) is 7.85. The van der Waals surface area contributed by atoms with E-state index in [4.69, 9.17) is 14.6 Å². The highest BCUT2D eigenvalue weighted by molar-refractivity contribution is 5.89. The first-order valence-electron chi connectivity index (χ1n) is 7.89. The van der Waals surface area contributed by atoms with Crippen LogP contribution in [0.25, 0.3) is 0 Å². The fourth-order valence-electron chi connectivity index (χ4n) is 2.28. The lowest BCUT2D eigenvalue weighted by Crippen LogP contribution is -2.59. The first kappa shape index (κ1) is 21.4. The van der Waals surface area contributed by atoms with Gasteiger partial charge in [-0.25, -0.2) is 0 Å². The summed E-state index contributed by atoms with van der Waals surface area (Å²) in [6.45, 7) is 4.61. The molecule has 0 aliphatic carbocycles. The third kappa shape index (κ3) is 5.42. The van der Waals surface area contributed by atoms with Crippen molar-refractivity contribution in [3.8, 4) is 0 Å². The van der Waals surface area contributed by atoms with E-state index in [0.29, 0.717) is 11.1 Å². The molecule has 5 nitrogen and oxygen atoms in total. The maximum absolute atomic E-state index is 13.7. The second-order valence-corrected chi connectivity index (χ2v) is 5.75. The molecule has 8 heteroatoms. The van der Waals surface area contributed by atoms with Gasteiger partial charge in [-0.3, -0.25) is 4.79 Å². The first-order chi connectivity index (χ1) is 11.7. The Morgan fingerprint density at radius 2 is 2.12 bits per heavy atom. The number of nitrogens with one attached hydrogen (secondary N) is 1. The average molecular weight is 363 g/mol. The molecule has 25 heavy (non-hydrogen) atoms. The molecule has 0 saturated heterocycles. The lowest BCUT2D eigenvalue weighted by atomic mass is 9.90. The van der Waals surface area contributed by atoms with E-state index in [2.05, 4.69) is 5.32 Å². The number of rotatable bonds is 7. The molecule has 1 rings (SSSR count). The van der Waals surface area contributed by atoms with Gasteiger partial charge >= 0.3 is 6.18 Å². The molecule has 0 saturated carbocycles. The number of ether oxygens (including phenoxy) is 2. The van der Waals surface area contributed by atoms with Crippen molar-refractivity contribution in [3.63, 3.8) is 0 Å². The lowest BCUT2D eigenvalue weighted by Gasteiger charge is -2.36. The zero-order chi connectivity index (χ0) is 19.1. The van der Waals surface area contributed by atoms with Crippen molar-refractivity contribution in [1.82, 2.24) is 5.32 Å². The SMILES string of the molecule is CC=C1COC(C(=O)NCCOCCO)(C(F)(F)F)C=C1C=C(C)C. The van der Waals surface area contributed by atoms with Gasteiger partial charge in [0.05, 0.1) is 26.4 Å². The number of hydrogen-bond donors (Lipinski definition) is 2. The summed E-state index contributed by atoms with van der Waals surface area (Å²) in [5.74, 6) is -1.29. The van der Waals surface area contributed by atoms with Crippen molar-refractivity contribution in [1.29, 1.82) is 0 Å². The van der Waals surface area contributed by atoms with Crippen molar-refractivity contribution in [2.24, 2.45) is 0 Å². The highest BCUT2D eigenvalue weighted by Gasteiger charge is 2.61. The van der Waals surface area contributed by atoms with E-state index in [1.165, 1.54) is 0 Å². The number of amides is 1. The fourth-order valence-corrected chi connectivity index (χ4v) is 2.28. The standard InChI is InChI=1S/C17H24F3NO4/c1-4-13-11-25-16(17(18,19)20,10-14(13)9-12(2)3)15(23)21-5-7-24-8-6-22/h4,9-10,22H,5-8,11H2,1-3H3,(H,21,23). The van der Waals surface area contributed by atoms with E-state index < -0.39 is 17.7 Å². The van der Waals surface area contributed by atoms with Crippen LogP contribution in [0.15, 0.2) is 34.9 Å². The molecule has 1 heterocycles. The van der Waals surface area contributed by atoms with Crippen molar-refractivity contribution in [3.05, 3.63) is 34.9 Å². The van der Waals surface area contributed by atoms with Crippen LogP contribution in [0.2, 0.25) is 0 Å². The number of carbonyl (C=O) groups excluding carboxylic acids is 1. The highest BCUT2D eigenvalue weighted by atomic mass is 19.4. The third-order valence-corrected chi connectivity index (χ3v) is 3.50. The summed E-state index contributed by atoms with van der Waals surface area (Å²) in [4.78, 5) is 12.3.